The van der Waals surface area contributed by atoms with Gasteiger partial charge in [0.25, 0.3) is 0 Å². The van der Waals surface area contributed by atoms with E-state index >= 15 is 0 Å². The molecule has 6 rings (SSSR count). The van der Waals surface area contributed by atoms with Crippen LogP contribution in [0, 0.1) is 12.1 Å². The smallest absolute Gasteiger partial charge is 0.0406 e. The van der Waals surface area contributed by atoms with E-state index in [1.165, 1.54) is 43.4 Å². The van der Waals surface area contributed by atoms with Gasteiger partial charge >= 0.3 is 0 Å². The van der Waals surface area contributed by atoms with Gasteiger partial charge in [-0.3, -0.25) is 0 Å². The minimum absolute atomic E-state index is 1.10. The summed E-state index contributed by atoms with van der Waals surface area (Å²) in [5.74, 6) is 0. The second kappa shape index (κ2) is 6.76. The van der Waals surface area contributed by atoms with Crippen molar-refractivity contribution in [2.45, 2.75) is 0 Å². The van der Waals surface area contributed by atoms with E-state index in [1.54, 1.807) is 0 Å². The molecule has 138 valence electrons. The fraction of sp³-hybridized carbons (Fsp3) is 0. The monoisotopic (exact) mass is 378 g/mol. The SMILES string of the molecule is c1c(-c2ccccc2)c2c3ccccc3c3ccccc3c2c(-c2ccccc2)c#1. The number of rotatable bonds is 2. The summed E-state index contributed by atoms with van der Waals surface area (Å²) in [6, 6.07) is 45.6. The lowest BCUT2D eigenvalue weighted by Crippen LogP contribution is -1.89. The van der Waals surface area contributed by atoms with Gasteiger partial charge in [-0.15, -0.1) is 0 Å². The van der Waals surface area contributed by atoms with Gasteiger partial charge in [-0.2, -0.15) is 0 Å². The summed E-state index contributed by atoms with van der Waals surface area (Å²) >= 11 is 0. The van der Waals surface area contributed by atoms with Gasteiger partial charge < -0.3 is 0 Å². The Labute approximate surface area is 176 Å². The molecular weight excluding hydrogens is 360 g/mol. The van der Waals surface area contributed by atoms with Crippen LogP contribution in [-0.4, -0.2) is 0 Å². The summed E-state index contributed by atoms with van der Waals surface area (Å²) in [7, 11) is 0. The fourth-order valence-corrected chi connectivity index (χ4v) is 4.55. The van der Waals surface area contributed by atoms with Crippen LogP contribution in [0.4, 0.5) is 0 Å². The highest BCUT2D eigenvalue weighted by Crippen LogP contribution is 2.42. The van der Waals surface area contributed by atoms with E-state index in [9.17, 15) is 0 Å². The third-order valence-electron chi connectivity index (χ3n) is 5.87. The number of hydrogen-bond donors (Lipinski definition) is 0. The van der Waals surface area contributed by atoms with Crippen LogP contribution in [0.15, 0.2) is 109 Å². The van der Waals surface area contributed by atoms with Crippen molar-refractivity contribution < 1.29 is 0 Å². The van der Waals surface area contributed by atoms with Gasteiger partial charge in [0, 0.05) is 21.9 Å². The largest absolute Gasteiger partial charge is 0.0622 e. The average Bonchev–Trinajstić information content (AvgIpc) is 2.84. The van der Waals surface area contributed by atoms with Crippen molar-refractivity contribution in [3.63, 3.8) is 0 Å². The first-order chi connectivity index (χ1) is 14.9. The highest BCUT2D eigenvalue weighted by atomic mass is 14.2. The van der Waals surface area contributed by atoms with Crippen molar-refractivity contribution >= 4 is 32.3 Å². The molecule has 0 aliphatic carbocycles. The topological polar surface area (TPSA) is 0 Å². The van der Waals surface area contributed by atoms with E-state index in [0.717, 1.165) is 11.1 Å². The first kappa shape index (κ1) is 16.8. The van der Waals surface area contributed by atoms with Gasteiger partial charge in [-0.25, -0.2) is 0 Å². The van der Waals surface area contributed by atoms with Gasteiger partial charge in [-0.05, 0) is 32.7 Å². The molecule has 30 heavy (non-hydrogen) atoms. The van der Waals surface area contributed by atoms with Crippen LogP contribution >= 0.6 is 0 Å². The predicted molar refractivity (Wildman–Crippen MR) is 128 cm³/mol. The van der Waals surface area contributed by atoms with Crippen molar-refractivity contribution in [3.05, 3.63) is 121 Å². The summed E-state index contributed by atoms with van der Waals surface area (Å²) in [4.78, 5) is 0. The quantitative estimate of drug-likeness (QED) is 0.267. The molecule has 0 aromatic heterocycles. The highest BCUT2D eigenvalue weighted by molar-refractivity contribution is 6.30. The summed E-state index contributed by atoms with van der Waals surface area (Å²) in [5, 5.41) is 7.55. The van der Waals surface area contributed by atoms with E-state index in [-0.39, 0.29) is 0 Å². The maximum atomic E-state index is 3.53. The van der Waals surface area contributed by atoms with Crippen LogP contribution < -0.4 is 0 Å². The minimum atomic E-state index is 1.10. The Morgan fingerprint density at radius 3 is 1.07 bits per heavy atom. The lowest BCUT2D eigenvalue weighted by Gasteiger charge is -2.15. The van der Waals surface area contributed by atoms with E-state index in [2.05, 4.69) is 121 Å². The molecule has 0 nitrogen and oxygen atoms in total. The number of hydrogen-bond acceptors (Lipinski definition) is 0. The molecule has 6 aromatic rings. The molecule has 0 aliphatic rings. The van der Waals surface area contributed by atoms with E-state index in [1.807, 2.05) is 0 Å². The molecular formula is C30H18. The van der Waals surface area contributed by atoms with E-state index < -0.39 is 0 Å². The second-order valence-corrected chi connectivity index (χ2v) is 7.57. The van der Waals surface area contributed by atoms with Gasteiger partial charge in [0.15, 0.2) is 0 Å². The Bertz CT molecular complexity index is 1390. The lowest BCUT2D eigenvalue weighted by atomic mass is 9.87. The molecule has 0 atom stereocenters. The molecule has 0 aliphatic heterocycles. The van der Waals surface area contributed by atoms with Crippen LogP contribution in [0.1, 0.15) is 0 Å². The lowest BCUT2D eigenvalue weighted by molar-refractivity contribution is 1.65. The Hall–Kier alpha value is -4.08. The Morgan fingerprint density at radius 1 is 0.333 bits per heavy atom. The first-order valence-corrected chi connectivity index (χ1v) is 10.2. The Morgan fingerprint density at radius 2 is 0.667 bits per heavy atom. The standard InChI is InChI=1S/C30H18/c1-3-11-21(12-4-1)23-19-20-24(22-13-5-2-6-14-22)30-28-18-10-8-16-26(28)25-15-7-9-17-27(25)29(23)30/h1-18H. The molecule has 0 saturated carbocycles. The molecule has 0 unspecified atom stereocenters. The fourth-order valence-electron chi connectivity index (χ4n) is 4.55. The van der Waals surface area contributed by atoms with Crippen molar-refractivity contribution in [1.82, 2.24) is 0 Å². The molecule has 0 heteroatoms. The summed E-state index contributed by atoms with van der Waals surface area (Å²) < 4.78 is 0. The van der Waals surface area contributed by atoms with Crippen LogP contribution in [0.2, 0.25) is 0 Å². The summed E-state index contributed by atoms with van der Waals surface area (Å²) in [6.07, 6.45) is 0. The third kappa shape index (κ3) is 2.50. The molecule has 0 spiro atoms. The number of fused-ring (bicyclic) bond motifs is 6. The Kier molecular flexibility index (Phi) is 3.79. The molecule has 0 fully saturated rings. The van der Waals surface area contributed by atoms with Gasteiger partial charge in [0.2, 0.25) is 0 Å². The van der Waals surface area contributed by atoms with Gasteiger partial charge in [0.05, 0.1) is 0 Å². The van der Waals surface area contributed by atoms with E-state index in [4.69, 9.17) is 0 Å². The van der Waals surface area contributed by atoms with Crippen LogP contribution in [0.3, 0.4) is 0 Å². The molecule has 0 heterocycles. The average molecular weight is 378 g/mol. The predicted octanol–water partition coefficient (Wildman–Crippen LogP) is 8.08. The molecule has 0 saturated heterocycles. The maximum absolute atomic E-state index is 3.53. The molecule has 0 bridgehead atoms. The van der Waals surface area contributed by atoms with Crippen LogP contribution in [0.5, 0.6) is 0 Å². The maximum Gasteiger partial charge on any atom is 0.0406 e. The summed E-state index contributed by atoms with van der Waals surface area (Å²) in [5.41, 5.74) is 4.54. The van der Waals surface area contributed by atoms with Crippen molar-refractivity contribution in [3.8, 4) is 22.3 Å². The third-order valence-corrected chi connectivity index (χ3v) is 5.87. The Balaban J connectivity index is 1.91. The summed E-state index contributed by atoms with van der Waals surface area (Å²) in [6.45, 7) is 0. The minimum Gasteiger partial charge on any atom is -0.0622 e. The first-order valence-electron chi connectivity index (χ1n) is 10.2. The van der Waals surface area contributed by atoms with Crippen molar-refractivity contribution in [2.75, 3.05) is 0 Å². The number of benzene rings is 5. The highest BCUT2D eigenvalue weighted by Gasteiger charge is 2.16. The van der Waals surface area contributed by atoms with E-state index in [0.29, 0.717) is 0 Å². The van der Waals surface area contributed by atoms with Crippen molar-refractivity contribution in [2.24, 2.45) is 0 Å². The van der Waals surface area contributed by atoms with Gasteiger partial charge in [0.1, 0.15) is 0 Å². The zero-order valence-corrected chi connectivity index (χ0v) is 16.4. The molecule has 0 amide bonds. The molecule has 0 N–H and O–H groups in total. The van der Waals surface area contributed by atoms with Crippen LogP contribution in [-0.2, 0) is 0 Å². The zero-order chi connectivity index (χ0) is 19.9. The van der Waals surface area contributed by atoms with Crippen molar-refractivity contribution in [1.29, 1.82) is 0 Å². The van der Waals surface area contributed by atoms with Crippen LogP contribution in [0.25, 0.3) is 54.6 Å². The zero-order valence-electron chi connectivity index (χ0n) is 16.4. The molecule has 0 radical (unpaired) electrons. The normalized spacial score (nSPS) is 11.1. The second-order valence-electron chi connectivity index (χ2n) is 7.57. The van der Waals surface area contributed by atoms with Gasteiger partial charge in [-0.1, -0.05) is 121 Å². The molecule has 6 aromatic carbocycles.